The van der Waals surface area contributed by atoms with Gasteiger partial charge in [-0.2, -0.15) is 0 Å². The van der Waals surface area contributed by atoms with E-state index in [-0.39, 0.29) is 17.6 Å². The van der Waals surface area contributed by atoms with Crippen molar-refractivity contribution < 1.29 is 4.79 Å². The smallest absolute Gasteiger partial charge is 0.329 e. The Hall–Kier alpha value is -2.08. The van der Waals surface area contributed by atoms with E-state index in [1.807, 2.05) is 28.8 Å². The van der Waals surface area contributed by atoms with Crippen molar-refractivity contribution in [2.24, 2.45) is 0 Å². The van der Waals surface area contributed by atoms with Crippen molar-refractivity contribution >= 4 is 16.9 Å². The Labute approximate surface area is 153 Å². The molecular weight excluding hydrogens is 328 g/mol. The van der Waals surface area contributed by atoms with Crippen LogP contribution in [0.15, 0.2) is 29.1 Å². The average Bonchev–Trinajstić information content (AvgIpc) is 3.33. The zero-order chi connectivity index (χ0) is 18.1. The lowest BCUT2D eigenvalue weighted by atomic mass is 10.2. The van der Waals surface area contributed by atoms with Crippen LogP contribution in [0.2, 0.25) is 0 Å². The van der Waals surface area contributed by atoms with Gasteiger partial charge in [-0.15, -0.1) is 0 Å². The second-order valence-electron chi connectivity index (χ2n) is 7.60. The summed E-state index contributed by atoms with van der Waals surface area (Å²) >= 11 is 0. The molecule has 1 amide bonds. The molecule has 2 aromatic rings. The number of amides is 1. The summed E-state index contributed by atoms with van der Waals surface area (Å²) < 4.78 is 3.56. The number of imidazole rings is 1. The first kappa shape index (κ1) is 17.3. The minimum absolute atomic E-state index is 0.0124. The quantitative estimate of drug-likeness (QED) is 0.825. The van der Waals surface area contributed by atoms with Gasteiger partial charge in [-0.3, -0.25) is 18.8 Å². The molecular formula is C20H28N4O2. The van der Waals surface area contributed by atoms with Gasteiger partial charge in [0.05, 0.1) is 11.0 Å². The van der Waals surface area contributed by atoms with Crippen LogP contribution in [-0.2, 0) is 17.9 Å². The van der Waals surface area contributed by atoms with Crippen molar-refractivity contribution in [2.45, 2.75) is 64.2 Å². The molecule has 1 aliphatic carbocycles. The Bertz CT molecular complexity index is 849. The maximum Gasteiger partial charge on any atom is 0.329 e. The lowest BCUT2D eigenvalue weighted by Crippen LogP contribution is -2.38. The Morgan fingerprint density at radius 1 is 1.12 bits per heavy atom. The fourth-order valence-electron chi connectivity index (χ4n) is 4.12. The summed E-state index contributed by atoms with van der Waals surface area (Å²) in [6, 6.07) is 8.87. The normalized spacial score (nSPS) is 20.7. The lowest BCUT2D eigenvalue weighted by Gasteiger charge is -2.15. The number of aromatic nitrogens is 2. The van der Waals surface area contributed by atoms with Gasteiger partial charge in [-0.1, -0.05) is 19.1 Å². The maximum absolute atomic E-state index is 12.7. The molecule has 6 heteroatoms. The Morgan fingerprint density at radius 2 is 1.81 bits per heavy atom. The third-order valence-electron chi connectivity index (χ3n) is 5.58. The molecule has 1 aromatic carbocycles. The van der Waals surface area contributed by atoms with E-state index in [9.17, 15) is 9.59 Å². The van der Waals surface area contributed by atoms with Crippen LogP contribution in [0.25, 0.3) is 11.0 Å². The number of aryl methyl sites for hydroxylation is 2. The first-order chi connectivity index (χ1) is 12.7. The van der Waals surface area contributed by atoms with Gasteiger partial charge in [0.2, 0.25) is 5.91 Å². The zero-order valence-corrected chi connectivity index (χ0v) is 15.5. The van der Waals surface area contributed by atoms with Gasteiger partial charge in [0, 0.05) is 44.7 Å². The van der Waals surface area contributed by atoms with E-state index < -0.39 is 0 Å². The Balaban J connectivity index is 1.40. The first-order valence-electron chi connectivity index (χ1n) is 9.89. The predicted octanol–water partition coefficient (Wildman–Crippen LogP) is 1.96. The van der Waals surface area contributed by atoms with Gasteiger partial charge >= 0.3 is 5.69 Å². The van der Waals surface area contributed by atoms with E-state index in [0.29, 0.717) is 19.5 Å². The highest BCUT2D eigenvalue weighted by Gasteiger charge is 2.34. The SMILES string of the molecule is CCCn1c(=O)n(CCC(=O)NC2CCN(C3CC3)C2)c2ccccc21. The molecule has 1 saturated heterocycles. The second kappa shape index (κ2) is 7.27. The first-order valence-corrected chi connectivity index (χ1v) is 9.89. The van der Waals surface area contributed by atoms with E-state index in [0.717, 1.165) is 43.0 Å². The monoisotopic (exact) mass is 356 g/mol. The number of fused-ring (bicyclic) bond motifs is 1. The van der Waals surface area contributed by atoms with Crippen molar-refractivity contribution in [3.8, 4) is 0 Å². The van der Waals surface area contributed by atoms with Gasteiger partial charge in [0.1, 0.15) is 0 Å². The lowest BCUT2D eigenvalue weighted by molar-refractivity contribution is -0.121. The maximum atomic E-state index is 12.7. The standard InChI is InChI=1S/C20H28N4O2/c1-2-11-23-17-5-3-4-6-18(17)24(20(23)26)13-10-19(25)21-15-9-12-22(14-15)16-7-8-16/h3-6,15-16H,2,7-14H2,1H3,(H,21,25). The minimum atomic E-state index is -0.0124. The number of hydrogen-bond acceptors (Lipinski definition) is 3. The van der Waals surface area contributed by atoms with E-state index >= 15 is 0 Å². The second-order valence-corrected chi connectivity index (χ2v) is 7.60. The van der Waals surface area contributed by atoms with Gasteiger partial charge in [-0.05, 0) is 37.8 Å². The van der Waals surface area contributed by atoms with Crippen LogP contribution < -0.4 is 11.0 Å². The zero-order valence-electron chi connectivity index (χ0n) is 15.5. The van der Waals surface area contributed by atoms with Crippen molar-refractivity contribution in [3.05, 3.63) is 34.7 Å². The number of carbonyl (C=O) groups is 1. The van der Waals surface area contributed by atoms with Crippen LogP contribution >= 0.6 is 0 Å². The highest BCUT2D eigenvalue weighted by atomic mass is 16.2. The van der Waals surface area contributed by atoms with Gasteiger partial charge < -0.3 is 5.32 Å². The topological polar surface area (TPSA) is 59.3 Å². The summed E-state index contributed by atoms with van der Waals surface area (Å²) in [5.74, 6) is 0.0480. The Kier molecular flexibility index (Phi) is 4.85. The van der Waals surface area contributed by atoms with Crippen LogP contribution in [0, 0.1) is 0 Å². The molecule has 140 valence electrons. The van der Waals surface area contributed by atoms with Crippen LogP contribution in [0.4, 0.5) is 0 Å². The van der Waals surface area contributed by atoms with Crippen LogP contribution in [0.1, 0.15) is 39.0 Å². The molecule has 1 aromatic heterocycles. The average molecular weight is 356 g/mol. The van der Waals surface area contributed by atoms with Crippen molar-refractivity contribution in [2.75, 3.05) is 13.1 Å². The molecule has 1 unspecified atom stereocenters. The van der Waals surface area contributed by atoms with Gasteiger partial charge in [0.25, 0.3) is 0 Å². The molecule has 1 N–H and O–H groups in total. The number of likely N-dealkylation sites (tertiary alicyclic amines) is 1. The predicted molar refractivity (Wildman–Crippen MR) is 102 cm³/mol. The third kappa shape index (κ3) is 3.43. The number of para-hydroxylation sites is 2. The summed E-state index contributed by atoms with van der Waals surface area (Å²) in [4.78, 5) is 27.6. The summed E-state index contributed by atoms with van der Waals surface area (Å²) in [5, 5.41) is 3.16. The molecule has 2 heterocycles. The number of rotatable bonds is 7. The van der Waals surface area contributed by atoms with E-state index in [1.54, 1.807) is 4.57 Å². The van der Waals surface area contributed by atoms with Crippen molar-refractivity contribution in [1.82, 2.24) is 19.4 Å². The number of carbonyl (C=O) groups excluding carboxylic acids is 1. The fourth-order valence-corrected chi connectivity index (χ4v) is 4.12. The van der Waals surface area contributed by atoms with Gasteiger partial charge in [0.15, 0.2) is 0 Å². The summed E-state index contributed by atoms with van der Waals surface area (Å²) in [6.45, 7) is 5.28. The molecule has 1 aliphatic heterocycles. The molecule has 2 aliphatic rings. The number of hydrogen-bond donors (Lipinski definition) is 1. The van der Waals surface area contributed by atoms with E-state index in [1.165, 1.54) is 12.8 Å². The van der Waals surface area contributed by atoms with Crippen LogP contribution in [0.5, 0.6) is 0 Å². The molecule has 0 bridgehead atoms. The molecule has 2 fully saturated rings. The third-order valence-corrected chi connectivity index (χ3v) is 5.58. The molecule has 4 rings (SSSR count). The van der Waals surface area contributed by atoms with Crippen LogP contribution in [-0.4, -0.2) is 45.1 Å². The van der Waals surface area contributed by atoms with E-state index in [2.05, 4.69) is 17.1 Å². The molecule has 1 atom stereocenters. The number of nitrogens with one attached hydrogen (secondary N) is 1. The van der Waals surface area contributed by atoms with Gasteiger partial charge in [-0.25, -0.2) is 4.79 Å². The summed E-state index contributed by atoms with van der Waals surface area (Å²) in [7, 11) is 0. The molecule has 0 spiro atoms. The highest BCUT2D eigenvalue weighted by molar-refractivity contribution is 5.78. The molecule has 6 nitrogen and oxygen atoms in total. The summed E-state index contributed by atoms with van der Waals surface area (Å²) in [6.07, 6.45) is 4.92. The summed E-state index contributed by atoms with van der Waals surface area (Å²) in [5.41, 5.74) is 1.86. The molecule has 26 heavy (non-hydrogen) atoms. The minimum Gasteiger partial charge on any atom is -0.352 e. The number of benzene rings is 1. The molecule has 0 radical (unpaired) electrons. The number of nitrogens with zero attached hydrogens (tertiary/aromatic N) is 3. The van der Waals surface area contributed by atoms with Crippen molar-refractivity contribution in [3.63, 3.8) is 0 Å². The van der Waals surface area contributed by atoms with Crippen molar-refractivity contribution in [1.29, 1.82) is 0 Å². The van der Waals surface area contributed by atoms with E-state index in [4.69, 9.17) is 0 Å². The fraction of sp³-hybridized carbons (Fsp3) is 0.600. The molecule has 1 saturated carbocycles. The largest absolute Gasteiger partial charge is 0.352 e. The Morgan fingerprint density at radius 3 is 2.46 bits per heavy atom. The highest BCUT2D eigenvalue weighted by Crippen LogP contribution is 2.29. The van der Waals surface area contributed by atoms with Crippen LogP contribution in [0.3, 0.4) is 0 Å².